The molecule has 8 nitrogen and oxygen atoms in total. The van der Waals surface area contributed by atoms with Crippen LogP contribution < -0.4 is 4.89 Å². The first-order valence-corrected chi connectivity index (χ1v) is 27.5. The van der Waals surface area contributed by atoms with E-state index in [1.54, 1.807) is 0 Å². The van der Waals surface area contributed by atoms with Crippen molar-refractivity contribution in [2.45, 2.75) is 225 Å². The Balaban J connectivity index is 4.14. The van der Waals surface area contributed by atoms with Crippen molar-refractivity contribution in [1.29, 1.82) is 0 Å². The van der Waals surface area contributed by atoms with E-state index in [9.17, 15) is 14.3 Å². The number of likely N-dealkylation sites (N-methyl/N-ethyl adjacent to an activating group) is 1. The van der Waals surface area contributed by atoms with Crippen LogP contribution in [0.15, 0.2) is 60.8 Å². The number of ether oxygens (including phenoxy) is 2. The van der Waals surface area contributed by atoms with E-state index in [0.29, 0.717) is 24.1 Å². The molecule has 63 heavy (non-hydrogen) atoms. The van der Waals surface area contributed by atoms with E-state index >= 15 is 0 Å². The number of esters is 1. The molecule has 0 aliphatic heterocycles. The number of allylic oxidation sites excluding steroid dienone is 10. The van der Waals surface area contributed by atoms with Gasteiger partial charge in [-0.25, -0.2) is 0 Å². The van der Waals surface area contributed by atoms with Crippen LogP contribution in [0.5, 0.6) is 0 Å². The maximum atomic E-state index is 12.8. The van der Waals surface area contributed by atoms with E-state index in [4.69, 9.17) is 18.5 Å². The maximum absolute atomic E-state index is 12.8. The molecule has 0 bridgehead atoms. The number of hydrogen-bond acceptors (Lipinski definition) is 7. The van der Waals surface area contributed by atoms with Gasteiger partial charge >= 0.3 is 5.97 Å². The highest BCUT2D eigenvalue weighted by Crippen LogP contribution is 2.38. The van der Waals surface area contributed by atoms with Crippen LogP contribution in [-0.2, 0) is 27.9 Å². The first-order valence-electron chi connectivity index (χ1n) is 26.0. The lowest BCUT2D eigenvalue weighted by Crippen LogP contribution is -2.37. The number of rotatable bonds is 48. The number of hydrogen-bond donors (Lipinski definition) is 0. The van der Waals surface area contributed by atoms with Gasteiger partial charge in [0.15, 0.2) is 0 Å². The zero-order valence-electron chi connectivity index (χ0n) is 41.8. The summed E-state index contributed by atoms with van der Waals surface area (Å²) in [5.74, 6) is -0.342. The molecule has 0 fully saturated rings. The van der Waals surface area contributed by atoms with E-state index in [0.717, 1.165) is 64.2 Å². The molecule has 0 spiro atoms. The van der Waals surface area contributed by atoms with Crippen molar-refractivity contribution in [3.63, 3.8) is 0 Å². The Morgan fingerprint density at radius 2 is 0.873 bits per heavy atom. The predicted molar refractivity (Wildman–Crippen MR) is 268 cm³/mol. The number of quaternary nitrogens is 1. The van der Waals surface area contributed by atoms with Crippen LogP contribution in [0.4, 0.5) is 0 Å². The third-order valence-corrected chi connectivity index (χ3v) is 12.0. The second-order valence-corrected chi connectivity index (χ2v) is 19.9. The van der Waals surface area contributed by atoms with Gasteiger partial charge < -0.3 is 27.9 Å². The average molecular weight is 906 g/mol. The van der Waals surface area contributed by atoms with Crippen molar-refractivity contribution in [2.75, 3.05) is 54.1 Å². The monoisotopic (exact) mass is 906 g/mol. The SMILES string of the molecule is CCCCC/C=C\C/C=C\CCCCCCCCOCC(COP(=O)([O-])OCC[N+](C)(C)C)OC(=O)CCCCCCCCCCCC/C=C\C/C=C\C/C=C\CCCCCCC. The van der Waals surface area contributed by atoms with Crippen molar-refractivity contribution in [1.82, 2.24) is 0 Å². The van der Waals surface area contributed by atoms with Crippen LogP contribution in [0, 0.1) is 0 Å². The number of phosphoric acid groups is 1. The van der Waals surface area contributed by atoms with Gasteiger partial charge in [0.25, 0.3) is 7.82 Å². The molecule has 0 saturated carbocycles. The van der Waals surface area contributed by atoms with E-state index in [1.165, 1.54) is 135 Å². The molecule has 0 aromatic heterocycles. The van der Waals surface area contributed by atoms with Gasteiger partial charge in [-0.05, 0) is 83.5 Å². The van der Waals surface area contributed by atoms with Crippen molar-refractivity contribution in [2.24, 2.45) is 0 Å². The summed E-state index contributed by atoms with van der Waals surface area (Å²) < 4.78 is 34.7. The summed E-state index contributed by atoms with van der Waals surface area (Å²) >= 11 is 0. The first-order chi connectivity index (χ1) is 30.6. The number of phosphoric ester groups is 1. The molecule has 0 aliphatic rings. The quantitative estimate of drug-likeness (QED) is 0.0197. The second-order valence-electron chi connectivity index (χ2n) is 18.5. The molecule has 9 heteroatoms. The Bertz CT molecular complexity index is 1190. The Labute approximate surface area is 390 Å². The topological polar surface area (TPSA) is 94.1 Å². The van der Waals surface area contributed by atoms with E-state index < -0.39 is 13.9 Å². The maximum Gasteiger partial charge on any atom is 0.306 e. The molecular formula is C54H100NO7P. The van der Waals surface area contributed by atoms with Crippen LogP contribution in [-0.4, -0.2) is 70.7 Å². The number of carbonyl (C=O) groups excluding carboxylic acids is 1. The minimum Gasteiger partial charge on any atom is -0.756 e. The highest BCUT2D eigenvalue weighted by atomic mass is 31.2. The van der Waals surface area contributed by atoms with Gasteiger partial charge in [0.1, 0.15) is 19.3 Å². The smallest absolute Gasteiger partial charge is 0.306 e. The number of carbonyl (C=O) groups is 1. The third-order valence-electron chi connectivity index (χ3n) is 11.0. The molecule has 0 aromatic carbocycles. The summed E-state index contributed by atoms with van der Waals surface area (Å²) in [5, 5.41) is 0. The van der Waals surface area contributed by atoms with Gasteiger partial charge in [-0.1, -0.05) is 190 Å². The van der Waals surface area contributed by atoms with Gasteiger partial charge in [0.05, 0.1) is 34.4 Å². The average Bonchev–Trinajstić information content (AvgIpc) is 3.24. The molecular weight excluding hydrogens is 806 g/mol. The van der Waals surface area contributed by atoms with Crippen molar-refractivity contribution in [3.8, 4) is 0 Å². The highest BCUT2D eigenvalue weighted by molar-refractivity contribution is 7.45. The van der Waals surface area contributed by atoms with E-state index in [-0.39, 0.29) is 25.8 Å². The fourth-order valence-electron chi connectivity index (χ4n) is 7.00. The second kappa shape index (κ2) is 46.7. The number of unbranched alkanes of at least 4 members (excludes halogenated alkanes) is 24. The van der Waals surface area contributed by atoms with Crippen LogP contribution in [0.3, 0.4) is 0 Å². The van der Waals surface area contributed by atoms with Crippen molar-refractivity contribution < 1.29 is 37.3 Å². The Kier molecular flexibility index (Phi) is 45.4. The fourth-order valence-corrected chi connectivity index (χ4v) is 7.72. The largest absolute Gasteiger partial charge is 0.756 e. The zero-order chi connectivity index (χ0) is 46.2. The van der Waals surface area contributed by atoms with Gasteiger partial charge in [0.2, 0.25) is 0 Å². The zero-order valence-corrected chi connectivity index (χ0v) is 42.7. The molecule has 0 rings (SSSR count). The summed E-state index contributed by atoms with van der Waals surface area (Å²) in [6, 6.07) is 0. The van der Waals surface area contributed by atoms with Gasteiger partial charge in [-0.3, -0.25) is 9.36 Å². The van der Waals surface area contributed by atoms with E-state index in [1.807, 2.05) is 21.1 Å². The molecule has 0 heterocycles. The molecule has 368 valence electrons. The van der Waals surface area contributed by atoms with E-state index in [2.05, 4.69) is 74.6 Å². The minimum absolute atomic E-state index is 0.0210. The van der Waals surface area contributed by atoms with Crippen molar-refractivity contribution >= 4 is 13.8 Å². The molecule has 0 amide bonds. The minimum atomic E-state index is -4.54. The van der Waals surface area contributed by atoms with Gasteiger partial charge in [0, 0.05) is 13.0 Å². The summed E-state index contributed by atoms with van der Waals surface area (Å²) in [7, 11) is 1.34. The fraction of sp³-hybridized carbons (Fsp3) is 0.796. The molecule has 0 aromatic rings. The predicted octanol–water partition coefficient (Wildman–Crippen LogP) is 15.4. The summed E-state index contributed by atoms with van der Waals surface area (Å²) in [6.45, 7) is 5.36. The third kappa shape index (κ3) is 51.1. The lowest BCUT2D eigenvalue weighted by atomic mass is 10.0. The Morgan fingerprint density at radius 3 is 1.33 bits per heavy atom. The van der Waals surface area contributed by atoms with Crippen LogP contribution in [0.2, 0.25) is 0 Å². The molecule has 2 atom stereocenters. The summed E-state index contributed by atoms with van der Waals surface area (Å²) in [6.07, 6.45) is 59.6. The van der Waals surface area contributed by atoms with Crippen LogP contribution in [0.25, 0.3) is 0 Å². The first kappa shape index (κ1) is 61.2. The molecule has 0 N–H and O–H groups in total. The molecule has 2 unspecified atom stereocenters. The van der Waals surface area contributed by atoms with Gasteiger partial charge in [-0.2, -0.15) is 0 Å². The lowest BCUT2D eigenvalue weighted by molar-refractivity contribution is -0.870. The highest BCUT2D eigenvalue weighted by Gasteiger charge is 2.20. The molecule has 0 radical (unpaired) electrons. The molecule has 0 aliphatic carbocycles. The normalized spacial score (nSPS) is 14.1. The lowest BCUT2D eigenvalue weighted by Gasteiger charge is -2.28. The summed E-state index contributed by atoms with van der Waals surface area (Å²) in [5.41, 5.74) is 0. The van der Waals surface area contributed by atoms with Crippen molar-refractivity contribution in [3.05, 3.63) is 60.8 Å². The summed E-state index contributed by atoms with van der Waals surface area (Å²) in [4.78, 5) is 25.2. The number of nitrogens with zero attached hydrogens (tertiary/aromatic N) is 1. The standard InChI is InChI=1S/C54H100NO7P/c1-6-8-10-12-14-16-18-20-22-24-25-26-27-28-29-30-31-32-33-35-37-39-41-43-45-47-54(56)62-53(52-61-63(57,58)60-50-48-55(3,4)5)51-59-49-46-44-42-40-38-36-34-23-21-19-17-15-13-11-9-7-2/h15,17-18,20-21,23-25,27-28,53H,6-14,16,19,22,26,29-52H2,1-5H3/b17-15-,20-18-,23-21-,25-24-,28-27-. The Morgan fingerprint density at radius 1 is 0.492 bits per heavy atom. The molecule has 0 saturated heterocycles. The Hall–Kier alpha value is -1.80. The van der Waals surface area contributed by atoms with Crippen LogP contribution in [0.1, 0.15) is 219 Å². The van der Waals surface area contributed by atoms with Gasteiger partial charge in [-0.15, -0.1) is 0 Å². The van der Waals surface area contributed by atoms with Crippen LogP contribution >= 0.6 is 7.82 Å².